The quantitative estimate of drug-likeness (QED) is 0.228. The van der Waals surface area contributed by atoms with Gasteiger partial charge < -0.3 is 42.1 Å². The SMILES string of the molecule is CN(C)c1cc(CNc2ccccn2)c(O)c2c1C[C@H]1C[C@@]3(N)[C@@H](N(C)C)C(=O)C(C(N)=O)=C(O)[C@@]3(O)C(=O)C1=C2O. The zero-order valence-corrected chi connectivity index (χ0v) is 23.7. The summed E-state index contributed by atoms with van der Waals surface area (Å²) in [5.41, 5.74) is 7.46. The van der Waals surface area contributed by atoms with Gasteiger partial charge in [-0.2, -0.15) is 0 Å². The van der Waals surface area contributed by atoms with Crippen LogP contribution in [-0.4, -0.2) is 93.2 Å². The first-order chi connectivity index (χ1) is 19.7. The number of amides is 1. The highest BCUT2D eigenvalue weighted by Gasteiger charge is 2.71. The average Bonchev–Trinajstić information content (AvgIpc) is 2.90. The number of nitrogens with zero attached hydrogens (tertiary/aromatic N) is 3. The third-order valence-corrected chi connectivity index (χ3v) is 8.58. The van der Waals surface area contributed by atoms with E-state index in [1.54, 1.807) is 49.5 Å². The number of ketones is 2. The Kier molecular flexibility index (Phi) is 6.79. The minimum absolute atomic E-state index is 0.00128. The highest BCUT2D eigenvalue weighted by Crippen LogP contribution is 2.54. The summed E-state index contributed by atoms with van der Waals surface area (Å²) in [4.78, 5) is 47.2. The maximum absolute atomic E-state index is 14.2. The molecule has 1 fully saturated rings. The second-order valence-electron chi connectivity index (χ2n) is 11.5. The minimum Gasteiger partial charge on any atom is -0.508 e. The zero-order valence-electron chi connectivity index (χ0n) is 23.7. The fraction of sp³-hybridized carbons (Fsp3) is 0.379. The van der Waals surface area contributed by atoms with Crippen molar-refractivity contribution in [3.05, 3.63) is 64.1 Å². The van der Waals surface area contributed by atoms with Gasteiger partial charge in [0.1, 0.15) is 22.9 Å². The van der Waals surface area contributed by atoms with Gasteiger partial charge in [0.15, 0.2) is 11.5 Å². The molecule has 0 aliphatic heterocycles. The van der Waals surface area contributed by atoms with Gasteiger partial charge in [0, 0.05) is 43.7 Å². The molecule has 9 N–H and O–H groups in total. The molecule has 0 bridgehead atoms. The molecule has 3 aliphatic carbocycles. The number of Topliss-reactive ketones (excluding diaryl/α,β-unsaturated/α-hetero) is 2. The molecule has 0 radical (unpaired) electrons. The van der Waals surface area contributed by atoms with Crippen molar-refractivity contribution in [2.75, 3.05) is 38.4 Å². The average molecular weight is 579 g/mol. The molecule has 13 heteroatoms. The van der Waals surface area contributed by atoms with Crippen molar-refractivity contribution in [3.8, 4) is 5.75 Å². The molecular formula is C29H34N6O7. The number of aliphatic hydroxyl groups is 3. The number of carbonyl (C=O) groups excluding carboxylic acids is 3. The smallest absolute Gasteiger partial charge is 0.255 e. The summed E-state index contributed by atoms with van der Waals surface area (Å²) in [6.07, 6.45) is 1.50. The van der Waals surface area contributed by atoms with Crippen molar-refractivity contribution in [3.63, 3.8) is 0 Å². The van der Waals surface area contributed by atoms with E-state index in [2.05, 4.69) is 10.3 Å². The van der Waals surface area contributed by atoms with Crippen LogP contribution < -0.4 is 21.7 Å². The fourth-order valence-corrected chi connectivity index (χ4v) is 6.75. The van der Waals surface area contributed by atoms with Crippen LogP contribution in [0.1, 0.15) is 23.1 Å². The number of nitrogens with two attached hydrogens (primary N) is 2. The number of rotatable bonds is 6. The van der Waals surface area contributed by atoms with Crippen molar-refractivity contribution < 1.29 is 34.8 Å². The number of anilines is 2. The molecular weight excluding hydrogens is 544 g/mol. The lowest BCUT2D eigenvalue weighted by atomic mass is 9.53. The maximum Gasteiger partial charge on any atom is 0.255 e. The lowest BCUT2D eigenvalue weighted by Crippen LogP contribution is -2.80. The molecule has 4 atom stereocenters. The monoisotopic (exact) mass is 578 g/mol. The first-order valence-corrected chi connectivity index (χ1v) is 13.3. The number of hydrogen-bond acceptors (Lipinski definition) is 12. The van der Waals surface area contributed by atoms with E-state index in [4.69, 9.17) is 11.5 Å². The second-order valence-corrected chi connectivity index (χ2v) is 11.5. The number of primary amides is 1. The largest absolute Gasteiger partial charge is 0.508 e. The van der Waals surface area contributed by atoms with Crippen LogP contribution in [0.4, 0.5) is 11.5 Å². The van der Waals surface area contributed by atoms with Crippen LogP contribution in [0.5, 0.6) is 5.75 Å². The molecule has 0 saturated heterocycles. The predicted octanol–water partition coefficient (Wildman–Crippen LogP) is 0.118. The van der Waals surface area contributed by atoms with E-state index in [1.165, 1.54) is 19.0 Å². The number of aliphatic hydroxyl groups excluding tert-OH is 2. The lowest BCUT2D eigenvalue weighted by Gasteiger charge is -2.56. The molecule has 1 saturated carbocycles. The number of fused-ring (bicyclic) bond motifs is 3. The van der Waals surface area contributed by atoms with E-state index < -0.39 is 57.7 Å². The van der Waals surface area contributed by atoms with Gasteiger partial charge in [-0.1, -0.05) is 6.07 Å². The normalized spacial score (nSPS) is 27.0. The van der Waals surface area contributed by atoms with Crippen LogP contribution in [-0.2, 0) is 27.3 Å². The van der Waals surface area contributed by atoms with Gasteiger partial charge in [0.05, 0.1) is 17.1 Å². The predicted molar refractivity (Wildman–Crippen MR) is 154 cm³/mol. The molecule has 0 unspecified atom stereocenters. The molecule has 13 nitrogen and oxygen atoms in total. The number of benzene rings is 1. The van der Waals surface area contributed by atoms with Gasteiger partial charge in [-0.05, 0) is 56.6 Å². The Labute approximate surface area is 241 Å². The number of carbonyl (C=O) groups is 3. The van der Waals surface area contributed by atoms with Gasteiger partial charge in [0.25, 0.3) is 5.91 Å². The molecule has 42 heavy (non-hydrogen) atoms. The number of phenols is 1. The van der Waals surface area contributed by atoms with E-state index in [-0.39, 0.29) is 36.3 Å². The number of aromatic hydroxyl groups is 1. The van der Waals surface area contributed by atoms with E-state index in [0.29, 0.717) is 22.6 Å². The Morgan fingerprint density at radius 2 is 1.86 bits per heavy atom. The minimum atomic E-state index is -2.96. The summed E-state index contributed by atoms with van der Waals surface area (Å²) in [6.45, 7) is 0.130. The third-order valence-electron chi connectivity index (χ3n) is 8.58. The van der Waals surface area contributed by atoms with Gasteiger partial charge >= 0.3 is 0 Å². The van der Waals surface area contributed by atoms with Gasteiger partial charge in [0.2, 0.25) is 11.4 Å². The highest BCUT2D eigenvalue weighted by atomic mass is 16.4. The number of hydrogen-bond donors (Lipinski definition) is 7. The standard InChI is InChI=1S/C29H34N6O7/c1-34(2)16-10-14(12-33-17-7-5-6-8-32-17)21(36)19-15(16)9-13-11-28(31)24(35(3)4)23(38)20(27(30)41)26(40)29(28,42)25(39)18(13)22(19)37/h5-8,10,13,24,36-37,40,42H,9,11-12,31H2,1-4H3,(H2,30,41)(H,32,33)/t13-,24-,28+,29-/m0/s1. The van der Waals surface area contributed by atoms with Crippen molar-refractivity contribution in [1.29, 1.82) is 0 Å². The Balaban J connectivity index is 1.71. The molecule has 1 heterocycles. The summed E-state index contributed by atoms with van der Waals surface area (Å²) < 4.78 is 0. The van der Waals surface area contributed by atoms with Crippen LogP contribution in [0.3, 0.4) is 0 Å². The molecule has 0 spiro atoms. The van der Waals surface area contributed by atoms with Gasteiger partial charge in [-0.3, -0.25) is 19.3 Å². The van der Waals surface area contributed by atoms with E-state index in [9.17, 15) is 34.8 Å². The summed E-state index contributed by atoms with van der Waals surface area (Å²) in [6, 6.07) is 5.68. The van der Waals surface area contributed by atoms with Crippen molar-refractivity contribution >= 4 is 34.7 Å². The number of pyridine rings is 1. The molecule has 1 aromatic heterocycles. The van der Waals surface area contributed by atoms with Crippen molar-refractivity contribution in [1.82, 2.24) is 9.88 Å². The first kappa shape index (κ1) is 29.0. The zero-order chi connectivity index (χ0) is 30.9. The van der Waals surface area contributed by atoms with Gasteiger partial charge in [-0.15, -0.1) is 0 Å². The van der Waals surface area contributed by atoms with Crippen LogP contribution >= 0.6 is 0 Å². The number of phenolic OH excluding ortho intramolecular Hbond substituents is 1. The van der Waals surface area contributed by atoms with Crippen LogP contribution in [0.15, 0.2) is 47.4 Å². The number of likely N-dealkylation sites (N-methyl/N-ethyl adjacent to an activating group) is 1. The summed E-state index contributed by atoms with van der Waals surface area (Å²) in [5, 5.41) is 49.1. The molecule has 2 aromatic rings. The Morgan fingerprint density at radius 1 is 1.17 bits per heavy atom. The van der Waals surface area contributed by atoms with E-state index in [0.717, 1.165) is 0 Å². The maximum atomic E-state index is 14.2. The number of aromatic nitrogens is 1. The second kappa shape index (κ2) is 9.82. The lowest BCUT2D eigenvalue weighted by molar-refractivity contribution is -0.157. The van der Waals surface area contributed by atoms with Crippen LogP contribution in [0.25, 0.3) is 5.76 Å². The highest BCUT2D eigenvalue weighted by molar-refractivity contribution is 6.25. The Bertz CT molecular complexity index is 1580. The van der Waals surface area contributed by atoms with Gasteiger partial charge in [-0.25, -0.2) is 4.98 Å². The van der Waals surface area contributed by atoms with E-state index >= 15 is 0 Å². The topological polar surface area (TPSA) is 216 Å². The Morgan fingerprint density at radius 3 is 2.43 bits per heavy atom. The van der Waals surface area contributed by atoms with Crippen molar-refractivity contribution in [2.24, 2.45) is 17.4 Å². The molecule has 222 valence electrons. The first-order valence-electron chi connectivity index (χ1n) is 13.3. The summed E-state index contributed by atoms with van der Waals surface area (Å²) in [7, 11) is 6.57. The third kappa shape index (κ3) is 3.88. The van der Waals surface area contributed by atoms with Crippen LogP contribution in [0, 0.1) is 5.92 Å². The Hall–Kier alpha value is -4.46. The fourth-order valence-electron chi connectivity index (χ4n) is 6.75. The molecule has 3 aliphatic rings. The summed E-state index contributed by atoms with van der Waals surface area (Å²) >= 11 is 0. The van der Waals surface area contributed by atoms with Crippen LogP contribution in [0.2, 0.25) is 0 Å². The molecule has 5 rings (SSSR count). The molecule has 1 amide bonds. The van der Waals surface area contributed by atoms with E-state index in [1.807, 2.05) is 0 Å². The summed E-state index contributed by atoms with van der Waals surface area (Å²) in [5.74, 6) is -5.80. The van der Waals surface area contributed by atoms with Crippen molar-refractivity contribution in [2.45, 2.75) is 36.6 Å². The molecule has 1 aromatic carbocycles. The number of nitrogens with one attached hydrogen (secondary N) is 1.